The summed E-state index contributed by atoms with van der Waals surface area (Å²) in [4.78, 5) is 23.4. The van der Waals surface area contributed by atoms with E-state index in [-0.39, 0.29) is 12.0 Å². The number of amides is 1. The third-order valence-corrected chi connectivity index (χ3v) is 4.59. The minimum Gasteiger partial charge on any atom is -0.481 e. The maximum atomic E-state index is 12.3. The molecule has 2 atom stereocenters. The smallest absolute Gasteiger partial charge is 0.310 e. The van der Waals surface area contributed by atoms with Gasteiger partial charge < -0.3 is 15.2 Å². The second kappa shape index (κ2) is 8.83. The number of benzene rings is 1. The predicted molar refractivity (Wildman–Crippen MR) is 93.2 cm³/mol. The Morgan fingerprint density at radius 1 is 1.17 bits per heavy atom. The molecule has 5 nitrogen and oxygen atoms in total. The van der Waals surface area contributed by atoms with Gasteiger partial charge in [0.25, 0.3) is 5.91 Å². The Bertz CT molecular complexity index is 564. The molecule has 1 amide bonds. The van der Waals surface area contributed by atoms with Crippen molar-refractivity contribution in [2.24, 2.45) is 0 Å². The molecule has 132 valence electrons. The lowest BCUT2D eigenvalue weighted by atomic mass is 10.0. The van der Waals surface area contributed by atoms with Gasteiger partial charge in [-0.15, -0.1) is 0 Å². The highest BCUT2D eigenvalue weighted by molar-refractivity contribution is 5.94. The van der Waals surface area contributed by atoms with Crippen LogP contribution >= 0.6 is 0 Å². The van der Waals surface area contributed by atoms with Crippen molar-refractivity contribution in [2.75, 3.05) is 5.32 Å². The first-order valence-corrected chi connectivity index (χ1v) is 8.76. The molecule has 0 bridgehead atoms. The van der Waals surface area contributed by atoms with Crippen LogP contribution in [0.15, 0.2) is 24.3 Å². The summed E-state index contributed by atoms with van der Waals surface area (Å²) in [6, 6.07) is 6.96. The molecular weight excluding hydrogens is 306 g/mol. The van der Waals surface area contributed by atoms with Crippen molar-refractivity contribution < 1.29 is 19.4 Å². The Hall–Kier alpha value is -1.88. The van der Waals surface area contributed by atoms with Crippen LogP contribution in [0.5, 0.6) is 0 Å². The molecule has 0 radical (unpaired) electrons. The van der Waals surface area contributed by atoms with Crippen LogP contribution in [0.2, 0.25) is 0 Å². The number of ether oxygens (including phenoxy) is 1. The lowest BCUT2D eigenvalue weighted by molar-refractivity contribution is -0.138. The molecule has 1 aliphatic rings. The van der Waals surface area contributed by atoms with E-state index in [9.17, 15) is 9.59 Å². The van der Waals surface area contributed by atoms with Crippen LogP contribution < -0.4 is 5.32 Å². The van der Waals surface area contributed by atoms with E-state index >= 15 is 0 Å². The first-order valence-electron chi connectivity index (χ1n) is 8.76. The molecule has 1 saturated carbocycles. The number of aliphatic carboxylic acids is 1. The average molecular weight is 333 g/mol. The lowest BCUT2D eigenvalue weighted by Crippen LogP contribution is -2.31. The maximum Gasteiger partial charge on any atom is 0.310 e. The molecule has 24 heavy (non-hydrogen) atoms. The molecule has 1 aromatic rings. The molecule has 2 rings (SSSR count). The molecule has 0 aliphatic heterocycles. The van der Waals surface area contributed by atoms with E-state index in [1.54, 1.807) is 38.1 Å². The molecule has 0 saturated heterocycles. The molecule has 2 unspecified atom stereocenters. The number of carbonyl (C=O) groups excluding carboxylic acids is 1. The largest absolute Gasteiger partial charge is 0.481 e. The van der Waals surface area contributed by atoms with Gasteiger partial charge in [0, 0.05) is 5.69 Å². The van der Waals surface area contributed by atoms with Gasteiger partial charge in [0.15, 0.2) is 0 Å². The van der Waals surface area contributed by atoms with E-state index in [2.05, 4.69) is 5.32 Å². The van der Waals surface area contributed by atoms with Gasteiger partial charge in [0.05, 0.1) is 12.0 Å². The van der Waals surface area contributed by atoms with Crippen molar-refractivity contribution in [3.8, 4) is 0 Å². The molecule has 1 fully saturated rings. The van der Waals surface area contributed by atoms with Gasteiger partial charge in [0.1, 0.15) is 6.10 Å². The first kappa shape index (κ1) is 18.5. The number of hydrogen-bond donors (Lipinski definition) is 2. The van der Waals surface area contributed by atoms with Crippen LogP contribution in [-0.2, 0) is 14.3 Å². The Labute approximate surface area is 143 Å². The summed E-state index contributed by atoms with van der Waals surface area (Å²) in [7, 11) is 0. The van der Waals surface area contributed by atoms with E-state index < -0.39 is 18.0 Å². The van der Waals surface area contributed by atoms with Crippen molar-refractivity contribution in [2.45, 2.75) is 70.5 Å². The second-order valence-electron chi connectivity index (χ2n) is 6.57. The Morgan fingerprint density at radius 3 is 2.46 bits per heavy atom. The van der Waals surface area contributed by atoms with Gasteiger partial charge in [-0.2, -0.15) is 0 Å². The van der Waals surface area contributed by atoms with Gasteiger partial charge >= 0.3 is 5.97 Å². The molecule has 1 aromatic carbocycles. The number of hydrogen-bond acceptors (Lipinski definition) is 3. The van der Waals surface area contributed by atoms with Crippen LogP contribution in [0.1, 0.15) is 63.9 Å². The van der Waals surface area contributed by atoms with Gasteiger partial charge in [0.2, 0.25) is 0 Å². The number of anilines is 1. The SMILES string of the molecule is CC(OC1CCCCCC1)C(=O)Nc1cccc(C(C)C(=O)O)c1. The standard InChI is InChI=1S/C19H27NO4/c1-13(19(22)23)15-8-7-9-16(12-15)20-18(21)14(2)24-17-10-5-3-4-6-11-17/h7-9,12-14,17H,3-6,10-11H2,1-2H3,(H,20,21)(H,22,23). The molecule has 0 heterocycles. The second-order valence-corrected chi connectivity index (χ2v) is 6.57. The topological polar surface area (TPSA) is 75.6 Å². The van der Waals surface area contributed by atoms with Crippen LogP contribution in [-0.4, -0.2) is 29.2 Å². The zero-order valence-corrected chi connectivity index (χ0v) is 14.5. The highest BCUT2D eigenvalue weighted by atomic mass is 16.5. The van der Waals surface area contributed by atoms with Crippen molar-refractivity contribution in [3.05, 3.63) is 29.8 Å². The summed E-state index contributed by atoms with van der Waals surface area (Å²) in [5, 5.41) is 11.9. The van der Waals surface area contributed by atoms with Crippen molar-refractivity contribution in [1.29, 1.82) is 0 Å². The summed E-state index contributed by atoms with van der Waals surface area (Å²) >= 11 is 0. The zero-order valence-electron chi connectivity index (χ0n) is 14.5. The number of carboxylic acids is 1. The van der Waals surface area contributed by atoms with Crippen molar-refractivity contribution in [3.63, 3.8) is 0 Å². The highest BCUT2D eigenvalue weighted by Crippen LogP contribution is 2.22. The molecule has 5 heteroatoms. The zero-order chi connectivity index (χ0) is 17.5. The third-order valence-electron chi connectivity index (χ3n) is 4.59. The fourth-order valence-corrected chi connectivity index (χ4v) is 3.00. The van der Waals surface area contributed by atoms with Crippen LogP contribution in [0, 0.1) is 0 Å². The van der Waals surface area contributed by atoms with Gasteiger partial charge in [-0.1, -0.05) is 37.8 Å². The third kappa shape index (κ3) is 5.34. The monoisotopic (exact) mass is 333 g/mol. The van der Waals surface area contributed by atoms with Crippen LogP contribution in [0.4, 0.5) is 5.69 Å². The normalized spacial score (nSPS) is 18.4. The Morgan fingerprint density at radius 2 is 1.83 bits per heavy atom. The first-order chi connectivity index (χ1) is 11.5. The summed E-state index contributed by atoms with van der Waals surface area (Å²) in [5.41, 5.74) is 1.26. The van der Waals surface area contributed by atoms with E-state index in [1.807, 2.05) is 0 Å². The minimum atomic E-state index is -0.886. The van der Waals surface area contributed by atoms with Gasteiger partial charge in [-0.3, -0.25) is 9.59 Å². The summed E-state index contributed by atoms with van der Waals surface area (Å²) < 4.78 is 5.92. The molecule has 1 aliphatic carbocycles. The van der Waals surface area contributed by atoms with Crippen LogP contribution in [0.3, 0.4) is 0 Å². The van der Waals surface area contributed by atoms with E-state index in [1.165, 1.54) is 12.8 Å². The minimum absolute atomic E-state index is 0.159. The predicted octanol–water partition coefficient (Wildman–Crippen LogP) is 3.94. The molecule has 0 aromatic heterocycles. The lowest BCUT2D eigenvalue weighted by Gasteiger charge is -2.21. The van der Waals surface area contributed by atoms with Crippen LogP contribution in [0.25, 0.3) is 0 Å². The van der Waals surface area contributed by atoms with Gasteiger partial charge in [-0.25, -0.2) is 0 Å². The summed E-state index contributed by atoms with van der Waals surface area (Å²) in [5.74, 6) is -1.69. The number of rotatable bonds is 6. The quantitative estimate of drug-likeness (QED) is 0.773. The fourth-order valence-electron chi connectivity index (χ4n) is 3.00. The van der Waals surface area contributed by atoms with E-state index in [0.29, 0.717) is 11.3 Å². The Balaban J connectivity index is 1.93. The number of nitrogens with one attached hydrogen (secondary N) is 1. The number of carboxylic acid groups (broad SMARTS) is 1. The highest BCUT2D eigenvalue weighted by Gasteiger charge is 2.21. The number of carbonyl (C=O) groups is 2. The fraction of sp³-hybridized carbons (Fsp3) is 0.579. The Kier molecular flexibility index (Phi) is 6.79. The molecule has 2 N–H and O–H groups in total. The maximum absolute atomic E-state index is 12.3. The average Bonchev–Trinajstić information content (AvgIpc) is 2.82. The van der Waals surface area contributed by atoms with E-state index in [0.717, 1.165) is 25.7 Å². The summed E-state index contributed by atoms with van der Waals surface area (Å²) in [6.45, 7) is 3.39. The molecule has 0 spiro atoms. The van der Waals surface area contributed by atoms with E-state index in [4.69, 9.17) is 9.84 Å². The van der Waals surface area contributed by atoms with Crippen molar-refractivity contribution >= 4 is 17.6 Å². The van der Waals surface area contributed by atoms with Gasteiger partial charge in [-0.05, 0) is 44.4 Å². The summed E-state index contributed by atoms with van der Waals surface area (Å²) in [6.07, 6.45) is 6.49. The van der Waals surface area contributed by atoms with Crippen molar-refractivity contribution in [1.82, 2.24) is 0 Å². The molecular formula is C19H27NO4.